The van der Waals surface area contributed by atoms with Crippen LogP contribution in [0.15, 0.2) is 0 Å². The highest BCUT2D eigenvalue weighted by Gasteiger charge is 2.26. The molecule has 0 amide bonds. The lowest BCUT2D eigenvalue weighted by Gasteiger charge is -2.42. The molecule has 83 valence electrons. The predicted molar refractivity (Wildman–Crippen MR) is 62.1 cm³/mol. The van der Waals surface area contributed by atoms with Crippen LogP contribution in [0.5, 0.6) is 0 Å². The Kier molecular flexibility index (Phi) is 4.39. The Morgan fingerprint density at radius 3 is 1.86 bits per heavy atom. The molecule has 0 saturated carbocycles. The molecule has 0 atom stereocenters. The molecular formula is C12H25N2. The Balaban J connectivity index is 2.52. The molecule has 0 aromatic rings. The van der Waals surface area contributed by atoms with Gasteiger partial charge in [-0.1, -0.05) is 0 Å². The van der Waals surface area contributed by atoms with Gasteiger partial charge in [0.1, 0.15) is 0 Å². The van der Waals surface area contributed by atoms with Crippen LogP contribution in [0.25, 0.3) is 0 Å². The van der Waals surface area contributed by atoms with Gasteiger partial charge in [0.15, 0.2) is 0 Å². The van der Waals surface area contributed by atoms with Crippen molar-refractivity contribution in [2.75, 3.05) is 13.1 Å². The molecule has 0 unspecified atom stereocenters. The lowest BCUT2D eigenvalue weighted by atomic mass is 10.0. The summed E-state index contributed by atoms with van der Waals surface area (Å²) in [7, 11) is 4.00. The van der Waals surface area contributed by atoms with E-state index in [9.17, 15) is 0 Å². The number of likely N-dealkylation sites (tertiary alicyclic amines) is 1. The third kappa shape index (κ3) is 2.96. The third-order valence-electron chi connectivity index (χ3n) is 3.17. The fourth-order valence-electron chi connectivity index (χ4n) is 2.66. The highest BCUT2D eigenvalue weighted by molar-refractivity contribution is 4.83. The van der Waals surface area contributed by atoms with Gasteiger partial charge in [0.2, 0.25) is 0 Å². The zero-order valence-corrected chi connectivity index (χ0v) is 10.2. The van der Waals surface area contributed by atoms with E-state index in [0.717, 1.165) is 19.1 Å². The van der Waals surface area contributed by atoms with E-state index in [1.165, 1.54) is 12.8 Å². The lowest BCUT2D eigenvalue weighted by molar-refractivity contribution is 0.0705. The van der Waals surface area contributed by atoms with Gasteiger partial charge < -0.3 is 4.90 Å². The topological polar surface area (TPSA) is 6.48 Å². The fourth-order valence-corrected chi connectivity index (χ4v) is 2.66. The standard InChI is InChI=1S/C12H25N2/c1-10(2)14(11(3)4)12-6-8-13(5)9-7-12/h10-12H,5-9H2,1-4H3. The van der Waals surface area contributed by atoms with Crippen LogP contribution < -0.4 is 0 Å². The predicted octanol–water partition coefficient (Wildman–Crippen LogP) is 2.36. The van der Waals surface area contributed by atoms with Crippen molar-refractivity contribution >= 4 is 0 Å². The molecule has 1 heterocycles. The van der Waals surface area contributed by atoms with Crippen LogP contribution in [0.3, 0.4) is 0 Å². The van der Waals surface area contributed by atoms with Crippen LogP contribution >= 0.6 is 0 Å². The van der Waals surface area contributed by atoms with Gasteiger partial charge in [0.25, 0.3) is 0 Å². The van der Waals surface area contributed by atoms with E-state index in [1.54, 1.807) is 0 Å². The summed E-state index contributed by atoms with van der Waals surface area (Å²) in [5, 5.41) is 0. The molecule has 0 aromatic heterocycles. The maximum Gasteiger partial charge on any atom is 0.0125 e. The fraction of sp³-hybridized carbons (Fsp3) is 0.917. The summed E-state index contributed by atoms with van der Waals surface area (Å²) in [5.41, 5.74) is 0. The molecule has 0 aliphatic carbocycles. The highest BCUT2D eigenvalue weighted by Crippen LogP contribution is 2.20. The normalized spacial score (nSPS) is 21.4. The van der Waals surface area contributed by atoms with E-state index in [4.69, 9.17) is 0 Å². The number of rotatable bonds is 3. The molecule has 14 heavy (non-hydrogen) atoms. The summed E-state index contributed by atoms with van der Waals surface area (Å²) in [6.07, 6.45) is 2.56. The number of piperidine rings is 1. The van der Waals surface area contributed by atoms with Crippen molar-refractivity contribution in [1.82, 2.24) is 9.80 Å². The number of hydrogen-bond donors (Lipinski definition) is 0. The van der Waals surface area contributed by atoms with Crippen molar-refractivity contribution in [3.05, 3.63) is 7.05 Å². The lowest BCUT2D eigenvalue weighted by Crippen LogP contribution is -2.49. The van der Waals surface area contributed by atoms with Crippen LogP contribution in [-0.2, 0) is 0 Å². The summed E-state index contributed by atoms with van der Waals surface area (Å²) in [5.74, 6) is 0. The van der Waals surface area contributed by atoms with E-state index in [1.807, 2.05) is 0 Å². The first-order valence-corrected chi connectivity index (χ1v) is 5.85. The van der Waals surface area contributed by atoms with Gasteiger partial charge in [-0.2, -0.15) is 0 Å². The zero-order valence-electron chi connectivity index (χ0n) is 10.2. The van der Waals surface area contributed by atoms with Gasteiger partial charge >= 0.3 is 0 Å². The van der Waals surface area contributed by atoms with Crippen molar-refractivity contribution < 1.29 is 0 Å². The maximum atomic E-state index is 4.00. The quantitative estimate of drug-likeness (QED) is 0.685. The first kappa shape index (κ1) is 12.0. The summed E-state index contributed by atoms with van der Waals surface area (Å²) in [6, 6.07) is 2.10. The number of hydrogen-bond acceptors (Lipinski definition) is 2. The van der Waals surface area contributed by atoms with Crippen molar-refractivity contribution in [2.45, 2.75) is 58.7 Å². The summed E-state index contributed by atoms with van der Waals surface area (Å²) in [6.45, 7) is 11.5. The van der Waals surface area contributed by atoms with Crippen LogP contribution in [-0.4, -0.2) is 41.0 Å². The van der Waals surface area contributed by atoms with Gasteiger partial charge in [0.05, 0.1) is 0 Å². The smallest absolute Gasteiger partial charge is 0.0125 e. The first-order chi connectivity index (χ1) is 6.52. The van der Waals surface area contributed by atoms with Crippen molar-refractivity contribution in [2.24, 2.45) is 0 Å². The van der Waals surface area contributed by atoms with E-state index in [2.05, 4.69) is 44.5 Å². The van der Waals surface area contributed by atoms with E-state index in [-0.39, 0.29) is 0 Å². The van der Waals surface area contributed by atoms with Crippen molar-refractivity contribution in [3.8, 4) is 0 Å². The molecule has 0 N–H and O–H groups in total. The molecule has 1 radical (unpaired) electrons. The van der Waals surface area contributed by atoms with Gasteiger partial charge in [0, 0.05) is 25.2 Å². The second-order valence-corrected chi connectivity index (χ2v) is 4.98. The van der Waals surface area contributed by atoms with E-state index >= 15 is 0 Å². The monoisotopic (exact) mass is 197 g/mol. The summed E-state index contributed by atoms with van der Waals surface area (Å²) >= 11 is 0. The average Bonchev–Trinajstić information content (AvgIpc) is 2.07. The van der Waals surface area contributed by atoms with Gasteiger partial charge in [-0.05, 0) is 53.6 Å². The molecule has 0 spiro atoms. The second-order valence-electron chi connectivity index (χ2n) is 4.98. The van der Waals surface area contributed by atoms with E-state index < -0.39 is 0 Å². The minimum atomic E-state index is 0.663. The molecule has 0 aromatic carbocycles. The van der Waals surface area contributed by atoms with Crippen LogP contribution in [0, 0.1) is 7.05 Å². The Labute approximate surface area is 89.3 Å². The molecule has 1 fully saturated rings. The molecule has 2 nitrogen and oxygen atoms in total. The largest absolute Gasteiger partial charge is 0.302 e. The highest BCUT2D eigenvalue weighted by atomic mass is 15.2. The first-order valence-electron chi connectivity index (χ1n) is 5.85. The van der Waals surface area contributed by atoms with E-state index in [0.29, 0.717) is 12.1 Å². The molecule has 1 aliphatic rings. The Hall–Kier alpha value is -0.0800. The van der Waals surface area contributed by atoms with Crippen molar-refractivity contribution in [3.63, 3.8) is 0 Å². The molecule has 0 bridgehead atoms. The summed E-state index contributed by atoms with van der Waals surface area (Å²) < 4.78 is 0. The Morgan fingerprint density at radius 1 is 1.07 bits per heavy atom. The second kappa shape index (κ2) is 5.13. The van der Waals surface area contributed by atoms with Crippen LogP contribution in [0.1, 0.15) is 40.5 Å². The maximum absolute atomic E-state index is 4.00. The zero-order chi connectivity index (χ0) is 10.7. The summed E-state index contributed by atoms with van der Waals surface area (Å²) in [4.78, 5) is 4.84. The minimum absolute atomic E-state index is 0.663. The van der Waals surface area contributed by atoms with Gasteiger partial charge in [-0.25, -0.2) is 0 Å². The molecule has 2 heteroatoms. The molecule has 1 saturated heterocycles. The SMILES string of the molecule is [CH2]N1CCC(N(C(C)C)C(C)C)CC1. The molecular weight excluding hydrogens is 172 g/mol. The van der Waals surface area contributed by atoms with Crippen LogP contribution in [0.2, 0.25) is 0 Å². The van der Waals surface area contributed by atoms with Gasteiger partial charge in [-0.3, -0.25) is 4.90 Å². The molecule has 1 aliphatic heterocycles. The minimum Gasteiger partial charge on any atom is -0.302 e. The Bertz CT molecular complexity index is 150. The Morgan fingerprint density at radius 2 is 1.50 bits per heavy atom. The molecule has 1 rings (SSSR count). The third-order valence-corrected chi connectivity index (χ3v) is 3.17. The average molecular weight is 197 g/mol. The van der Waals surface area contributed by atoms with Gasteiger partial charge in [-0.15, -0.1) is 0 Å². The number of nitrogens with zero attached hydrogens (tertiary/aromatic N) is 2. The van der Waals surface area contributed by atoms with Crippen LogP contribution in [0.4, 0.5) is 0 Å². The van der Waals surface area contributed by atoms with Crippen molar-refractivity contribution in [1.29, 1.82) is 0 Å².